The minimum absolute atomic E-state index is 0.187. The molecule has 0 radical (unpaired) electrons. The van der Waals surface area contributed by atoms with Crippen molar-refractivity contribution in [3.63, 3.8) is 0 Å². The van der Waals surface area contributed by atoms with Crippen molar-refractivity contribution in [3.8, 4) is 0 Å². The molecule has 0 aromatic rings. The van der Waals surface area contributed by atoms with Crippen molar-refractivity contribution in [2.75, 3.05) is 0 Å². The second-order valence-corrected chi connectivity index (χ2v) is 4.96. The van der Waals surface area contributed by atoms with Crippen molar-refractivity contribution >= 4 is 19.7 Å². The summed E-state index contributed by atoms with van der Waals surface area (Å²) in [6, 6.07) is -0.187. The van der Waals surface area contributed by atoms with Gasteiger partial charge in [-0.1, -0.05) is 0 Å². The summed E-state index contributed by atoms with van der Waals surface area (Å²) in [5.41, 5.74) is 5.05. The summed E-state index contributed by atoms with van der Waals surface area (Å²) in [5.74, 6) is 5.38. The van der Waals surface area contributed by atoms with Crippen LogP contribution in [0.25, 0.3) is 0 Å². The van der Waals surface area contributed by atoms with Crippen LogP contribution < -0.4 is 11.6 Å². The molecule has 5 nitrogen and oxygen atoms in total. The number of hydrogen-bond acceptors (Lipinski definition) is 5. The summed E-state index contributed by atoms with van der Waals surface area (Å²) in [4.78, 5) is 0. The van der Waals surface area contributed by atoms with Crippen molar-refractivity contribution in [3.05, 3.63) is 11.2 Å². The summed E-state index contributed by atoms with van der Waals surface area (Å²) < 4.78 is 21.6. The molecule has 0 saturated carbocycles. The Morgan fingerprint density at radius 2 is 2.00 bits per heavy atom. The Labute approximate surface area is 76.4 Å². The molecule has 0 spiro atoms. The Hall–Kier alpha value is -0.460. The van der Waals surface area contributed by atoms with Gasteiger partial charge in [0.15, 0.2) is 5.03 Å². The van der Waals surface area contributed by atoms with E-state index < -0.39 is 9.05 Å². The molecule has 0 unspecified atom stereocenters. The Bertz CT molecular complexity index is 272. The average molecular weight is 214 g/mol. The summed E-state index contributed by atoms with van der Waals surface area (Å²) in [6.07, 6.45) is 0.863. The van der Waals surface area contributed by atoms with Crippen LogP contribution in [0, 0.1) is 0 Å². The van der Waals surface area contributed by atoms with Gasteiger partial charge in [-0.3, -0.25) is 5.01 Å². The summed E-state index contributed by atoms with van der Waals surface area (Å²) in [6.45, 7) is 3.43. The summed E-state index contributed by atoms with van der Waals surface area (Å²) >= 11 is 0. The zero-order valence-corrected chi connectivity index (χ0v) is 8.43. The van der Waals surface area contributed by atoms with E-state index in [1.54, 1.807) is 13.8 Å². The topological polar surface area (TPSA) is 89.4 Å². The number of hydrazine groups is 1. The van der Waals surface area contributed by atoms with Crippen molar-refractivity contribution in [2.24, 2.45) is 11.6 Å². The second kappa shape index (κ2) is 3.97. The highest BCUT2D eigenvalue weighted by atomic mass is 35.7. The van der Waals surface area contributed by atoms with E-state index in [4.69, 9.17) is 22.3 Å². The lowest BCUT2D eigenvalue weighted by Crippen LogP contribution is -2.38. The van der Waals surface area contributed by atoms with E-state index in [9.17, 15) is 8.42 Å². The average Bonchev–Trinajstić information content (AvgIpc) is 1.85. The maximum Gasteiger partial charge on any atom is 0.279 e. The first-order chi connectivity index (χ1) is 5.30. The van der Waals surface area contributed by atoms with Gasteiger partial charge in [-0.25, -0.2) is 14.3 Å². The van der Waals surface area contributed by atoms with Crippen LogP contribution in [0.15, 0.2) is 11.2 Å². The molecule has 0 aromatic heterocycles. The van der Waals surface area contributed by atoms with Crippen molar-refractivity contribution in [1.29, 1.82) is 0 Å². The largest absolute Gasteiger partial charge is 0.402 e. The van der Waals surface area contributed by atoms with Crippen LogP contribution in [-0.2, 0) is 9.05 Å². The second-order valence-electron chi connectivity index (χ2n) is 2.44. The van der Waals surface area contributed by atoms with Gasteiger partial charge in [0.05, 0.1) is 0 Å². The molecule has 12 heavy (non-hydrogen) atoms. The van der Waals surface area contributed by atoms with Crippen LogP contribution in [-0.4, -0.2) is 19.5 Å². The first-order valence-electron chi connectivity index (χ1n) is 3.21. The van der Waals surface area contributed by atoms with E-state index >= 15 is 0 Å². The highest BCUT2D eigenvalue weighted by Crippen LogP contribution is 2.14. The third-order valence-corrected chi connectivity index (χ3v) is 2.52. The van der Waals surface area contributed by atoms with Crippen molar-refractivity contribution < 1.29 is 8.42 Å². The molecule has 0 aliphatic heterocycles. The van der Waals surface area contributed by atoms with Gasteiger partial charge >= 0.3 is 0 Å². The Kier molecular flexibility index (Phi) is 3.82. The van der Waals surface area contributed by atoms with E-state index in [2.05, 4.69) is 0 Å². The fourth-order valence-corrected chi connectivity index (χ4v) is 1.57. The van der Waals surface area contributed by atoms with Crippen LogP contribution in [0.3, 0.4) is 0 Å². The zero-order valence-electron chi connectivity index (χ0n) is 6.86. The van der Waals surface area contributed by atoms with Gasteiger partial charge in [-0.15, -0.1) is 0 Å². The predicted molar refractivity (Wildman–Crippen MR) is 48.2 cm³/mol. The van der Waals surface area contributed by atoms with Gasteiger partial charge in [0, 0.05) is 22.9 Å². The Balaban J connectivity index is 4.86. The minimum Gasteiger partial charge on any atom is -0.402 e. The molecule has 0 fully saturated rings. The van der Waals surface area contributed by atoms with Gasteiger partial charge in [-0.05, 0) is 13.8 Å². The molecule has 0 amide bonds. The number of nitrogens with zero attached hydrogens (tertiary/aromatic N) is 1. The molecule has 72 valence electrons. The van der Waals surface area contributed by atoms with Gasteiger partial charge < -0.3 is 5.73 Å². The molecule has 0 heterocycles. The minimum atomic E-state index is -3.85. The SMILES string of the molecule is CC(C)N(N)/C(=C\N)S(=O)(=O)Cl. The number of hydrogen-bond donors (Lipinski definition) is 2. The van der Waals surface area contributed by atoms with Crippen molar-refractivity contribution in [1.82, 2.24) is 5.01 Å². The summed E-state index contributed by atoms with van der Waals surface area (Å²) in [5, 5.41) is 0.696. The highest BCUT2D eigenvalue weighted by Gasteiger charge is 2.20. The molecule has 0 aromatic carbocycles. The molecular formula is C5H12ClN3O2S. The molecule has 0 atom stereocenters. The number of rotatable bonds is 3. The van der Waals surface area contributed by atoms with Crippen LogP contribution in [0.1, 0.15) is 13.8 Å². The van der Waals surface area contributed by atoms with Gasteiger partial charge in [0.2, 0.25) is 0 Å². The zero-order chi connectivity index (χ0) is 9.94. The highest BCUT2D eigenvalue weighted by molar-refractivity contribution is 8.16. The molecule has 0 aliphatic rings. The van der Waals surface area contributed by atoms with Gasteiger partial charge in [0.1, 0.15) is 0 Å². The number of halogens is 1. The third kappa shape index (κ3) is 2.88. The lowest BCUT2D eigenvalue weighted by atomic mass is 10.4. The monoisotopic (exact) mass is 213 g/mol. The molecule has 4 N–H and O–H groups in total. The van der Waals surface area contributed by atoms with E-state index in [0.717, 1.165) is 11.2 Å². The van der Waals surface area contributed by atoms with Crippen LogP contribution in [0.2, 0.25) is 0 Å². The molecule has 0 bridgehead atoms. The standard InChI is InChI=1S/C5H12ClN3O2S/c1-4(2)9(8)5(3-7)12(6,10)11/h3-4H,7-8H2,1-2H3/b5-3+. The lowest BCUT2D eigenvalue weighted by molar-refractivity contribution is 0.310. The third-order valence-electron chi connectivity index (χ3n) is 1.20. The quantitative estimate of drug-likeness (QED) is 0.388. The van der Waals surface area contributed by atoms with Crippen LogP contribution in [0.4, 0.5) is 0 Å². The van der Waals surface area contributed by atoms with E-state index in [0.29, 0.717) is 0 Å². The first kappa shape index (κ1) is 11.5. The Morgan fingerprint density at radius 1 is 1.58 bits per heavy atom. The van der Waals surface area contributed by atoms with Crippen LogP contribution >= 0.6 is 10.7 Å². The maximum absolute atomic E-state index is 10.8. The van der Waals surface area contributed by atoms with E-state index in [1.165, 1.54) is 0 Å². The lowest BCUT2D eigenvalue weighted by Gasteiger charge is -2.22. The molecule has 0 saturated heterocycles. The van der Waals surface area contributed by atoms with Gasteiger partial charge in [0.25, 0.3) is 9.05 Å². The fraction of sp³-hybridized carbons (Fsp3) is 0.600. The Morgan fingerprint density at radius 3 is 2.08 bits per heavy atom. The predicted octanol–water partition coefficient (Wildman–Crippen LogP) is -0.103. The van der Waals surface area contributed by atoms with Crippen molar-refractivity contribution in [2.45, 2.75) is 19.9 Å². The van der Waals surface area contributed by atoms with Crippen LogP contribution in [0.5, 0.6) is 0 Å². The first-order valence-corrected chi connectivity index (χ1v) is 5.52. The fourth-order valence-electron chi connectivity index (χ4n) is 0.548. The van der Waals surface area contributed by atoms with E-state index in [-0.39, 0.29) is 11.1 Å². The molecule has 0 rings (SSSR count). The van der Waals surface area contributed by atoms with E-state index in [1.807, 2.05) is 0 Å². The molecular weight excluding hydrogens is 202 g/mol. The summed E-state index contributed by atoms with van der Waals surface area (Å²) in [7, 11) is 1.19. The smallest absolute Gasteiger partial charge is 0.279 e. The van der Waals surface area contributed by atoms with Gasteiger partial charge in [-0.2, -0.15) is 0 Å². The maximum atomic E-state index is 10.8. The number of nitrogens with two attached hydrogens (primary N) is 2. The molecule has 7 heteroatoms. The molecule has 0 aliphatic carbocycles. The normalized spacial score (nSPS) is 13.6.